The van der Waals surface area contributed by atoms with Gasteiger partial charge < -0.3 is 4.42 Å². The van der Waals surface area contributed by atoms with Crippen LogP contribution in [0.25, 0.3) is 6.08 Å². The second kappa shape index (κ2) is 8.70. The van der Waals surface area contributed by atoms with Crippen molar-refractivity contribution in [2.45, 2.75) is 23.8 Å². The Balaban J connectivity index is 1.61. The zero-order valence-electron chi connectivity index (χ0n) is 16.6. The molecule has 1 aliphatic heterocycles. The van der Waals surface area contributed by atoms with Crippen molar-refractivity contribution >= 4 is 64.3 Å². The SMILES string of the molecule is Cc1ccc(N2C(=O)/C(=C/c3ccc(Sc4ccc(Cl)cc4)o3)C(=O)NC2=S)c(C)c1. The molecule has 1 aromatic heterocycles. The highest BCUT2D eigenvalue weighted by atomic mass is 35.5. The van der Waals surface area contributed by atoms with E-state index in [4.69, 9.17) is 28.2 Å². The maximum atomic E-state index is 13.2. The highest BCUT2D eigenvalue weighted by molar-refractivity contribution is 7.99. The summed E-state index contributed by atoms with van der Waals surface area (Å²) >= 11 is 12.6. The first-order valence-corrected chi connectivity index (χ1v) is 10.9. The quantitative estimate of drug-likeness (QED) is 0.310. The van der Waals surface area contributed by atoms with Crippen molar-refractivity contribution in [2.75, 3.05) is 4.90 Å². The van der Waals surface area contributed by atoms with Crippen molar-refractivity contribution in [3.05, 3.63) is 82.1 Å². The average molecular weight is 469 g/mol. The largest absolute Gasteiger partial charge is 0.450 e. The number of nitrogens with one attached hydrogen (secondary N) is 1. The Morgan fingerprint density at radius 3 is 2.52 bits per heavy atom. The number of anilines is 1. The van der Waals surface area contributed by atoms with Gasteiger partial charge in [-0.05, 0) is 80.2 Å². The van der Waals surface area contributed by atoms with Crippen LogP contribution in [0.2, 0.25) is 5.02 Å². The minimum atomic E-state index is -0.556. The van der Waals surface area contributed by atoms with Crippen LogP contribution in [0.1, 0.15) is 16.9 Å². The molecule has 0 bridgehead atoms. The van der Waals surface area contributed by atoms with E-state index < -0.39 is 11.8 Å². The number of hydrogen-bond donors (Lipinski definition) is 1. The fourth-order valence-corrected chi connectivity index (χ4v) is 4.34. The summed E-state index contributed by atoms with van der Waals surface area (Å²) in [4.78, 5) is 28.0. The van der Waals surface area contributed by atoms with Gasteiger partial charge in [-0.2, -0.15) is 0 Å². The van der Waals surface area contributed by atoms with Crippen LogP contribution >= 0.6 is 35.6 Å². The molecule has 1 saturated heterocycles. The molecule has 3 aromatic rings. The Morgan fingerprint density at radius 1 is 1.06 bits per heavy atom. The normalized spacial score (nSPS) is 15.5. The maximum Gasteiger partial charge on any atom is 0.270 e. The van der Waals surface area contributed by atoms with Crippen LogP contribution in [0.15, 0.2) is 74.6 Å². The van der Waals surface area contributed by atoms with Crippen LogP contribution < -0.4 is 10.2 Å². The molecule has 0 aliphatic carbocycles. The molecule has 0 saturated carbocycles. The second-order valence-electron chi connectivity index (χ2n) is 6.96. The summed E-state index contributed by atoms with van der Waals surface area (Å²) < 4.78 is 5.79. The summed E-state index contributed by atoms with van der Waals surface area (Å²) in [6, 6.07) is 16.5. The van der Waals surface area contributed by atoms with E-state index in [1.165, 1.54) is 22.7 Å². The minimum Gasteiger partial charge on any atom is -0.450 e. The number of benzene rings is 2. The van der Waals surface area contributed by atoms with E-state index in [9.17, 15) is 9.59 Å². The molecule has 2 aromatic carbocycles. The number of carbonyl (C=O) groups excluding carboxylic acids is 2. The van der Waals surface area contributed by atoms with E-state index in [1.807, 2.05) is 44.2 Å². The van der Waals surface area contributed by atoms with Crippen LogP contribution in [0.3, 0.4) is 0 Å². The standard InChI is InChI=1S/C23H17ClN2O3S2/c1-13-3-9-19(14(2)11-13)26-22(28)18(21(27)25-23(26)30)12-16-6-10-20(29-16)31-17-7-4-15(24)5-8-17/h3-12H,1-2H3,(H,25,27,30)/b18-12+. The molecule has 0 unspecified atom stereocenters. The topological polar surface area (TPSA) is 62.6 Å². The molecule has 31 heavy (non-hydrogen) atoms. The molecule has 0 spiro atoms. The van der Waals surface area contributed by atoms with Gasteiger partial charge in [-0.3, -0.25) is 19.8 Å². The number of carbonyl (C=O) groups is 2. The Bertz CT molecular complexity index is 1230. The predicted molar refractivity (Wildman–Crippen MR) is 126 cm³/mol. The molecule has 0 atom stereocenters. The third kappa shape index (κ3) is 4.58. The van der Waals surface area contributed by atoms with Gasteiger partial charge in [0.15, 0.2) is 10.2 Å². The van der Waals surface area contributed by atoms with Gasteiger partial charge in [0.05, 0.1) is 5.69 Å². The summed E-state index contributed by atoms with van der Waals surface area (Å²) in [5.74, 6) is -0.660. The Kier molecular flexibility index (Phi) is 6.00. The van der Waals surface area contributed by atoms with E-state index in [-0.39, 0.29) is 10.7 Å². The number of amides is 2. The third-order valence-electron chi connectivity index (χ3n) is 4.62. The Morgan fingerprint density at radius 2 is 1.81 bits per heavy atom. The molecule has 8 heteroatoms. The van der Waals surface area contributed by atoms with Crippen LogP contribution in [-0.2, 0) is 9.59 Å². The number of aryl methyl sites for hydroxylation is 2. The Hall–Kier alpha value is -2.87. The summed E-state index contributed by atoms with van der Waals surface area (Å²) in [5, 5.41) is 3.93. The smallest absolute Gasteiger partial charge is 0.270 e. The van der Waals surface area contributed by atoms with E-state index in [2.05, 4.69) is 5.32 Å². The van der Waals surface area contributed by atoms with Crippen molar-refractivity contribution in [2.24, 2.45) is 0 Å². The summed E-state index contributed by atoms with van der Waals surface area (Å²) in [6.07, 6.45) is 1.43. The fraction of sp³-hybridized carbons (Fsp3) is 0.0870. The van der Waals surface area contributed by atoms with Crippen LogP contribution in [0.5, 0.6) is 0 Å². The number of furan rings is 1. The lowest BCUT2D eigenvalue weighted by Crippen LogP contribution is -2.54. The van der Waals surface area contributed by atoms with Gasteiger partial charge in [-0.15, -0.1) is 0 Å². The number of halogens is 1. The second-order valence-corrected chi connectivity index (χ2v) is 8.86. The monoisotopic (exact) mass is 468 g/mol. The van der Waals surface area contributed by atoms with Crippen LogP contribution in [0, 0.1) is 13.8 Å². The van der Waals surface area contributed by atoms with Crippen molar-refractivity contribution in [1.82, 2.24) is 5.32 Å². The predicted octanol–water partition coefficient (Wildman–Crippen LogP) is 5.53. The molecule has 2 amide bonds. The van der Waals surface area contributed by atoms with Crippen molar-refractivity contribution in [3.8, 4) is 0 Å². The van der Waals surface area contributed by atoms with Crippen molar-refractivity contribution in [3.63, 3.8) is 0 Å². The molecule has 1 aliphatic rings. The van der Waals surface area contributed by atoms with Gasteiger partial charge in [0, 0.05) is 9.92 Å². The Labute approximate surface area is 194 Å². The van der Waals surface area contributed by atoms with Gasteiger partial charge in [0.25, 0.3) is 11.8 Å². The first kappa shape index (κ1) is 21.4. The molecule has 4 rings (SSSR count). The zero-order chi connectivity index (χ0) is 22.1. The molecular formula is C23H17ClN2O3S2. The summed E-state index contributed by atoms with van der Waals surface area (Å²) in [7, 11) is 0. The zero-order valence-corrected chi connectivity index (χ0v) is 19.0. The van der Waals surface area contributed by atoms with E-state index in [0.717, 1.165) is 16.0 Å². The van der Waals surface area contributed by atoms with Crippen molar-refractivity contribution in [1.29, 1.82) is 0 Å². The first-order chi connectivity index (χ1) is 14.8. The first-order valence-electron chi connectivity index (χ1n) is 9.34. The number of rotatable bonds is 4. The highest BCUT2D eigenvalue weighted by Crippen LogP contribution is 2.31. The van der Waals surface area contributed by atoms with Gasteiger partial charge in [0.2, 0.25) is 0 Å². The van der Waals surface area contributed by atoms with Gasteiger partial charge >= 0.3 is 0 Å². The van der Waals surface area contributed by atoms with E-state index >= 15 is 0 Å². The van der Waals surface area contributed by atoms with E-state index in [1.54, 1.807) is 24.3 Å². The summed E-state index contributed by atoms with van der Waals surface area (Å²) in [6.45, 7) is 3.86. The fourth-order valence-electron chi connectivity index (χ4n) is 3.16. The van der Waals surface area contributed by atoms with Crippen LogP contribution in [0.4, 0.5) is 5.69 Å². The molecule has 156 valence electrons. The van der Waals surface area contributed by atoms with Crippen LogP contribution in [-0.4, -0.2) is 16.9 Å². The van der Waals surface area contributed by atoms with Gasteiger partial charge in [0.1, 0.15) is 11.3 Å². The number of hydrogen-bond acceptors (Lipinski definition) is 5. The maximum absolute atomic E-state index is 13.2. The highest BCUT2D eigenvalue weighted by Gasteiger charge is 2.35. The molecule has 0 radical (unpaired) electrons. The molecule has 1 fully saturated rings. The number of nitrogens with zero attached hydrogens (tertiary/aromatic N) is 1. The lowest BCUT2D eigenvalue weighted by Gasteiger charge is -2.30. The molecule has 5 nitrogen and oxygen atoms in total. The average Bonchev–Trinajstić information content (AvgIpc) is 3.15. The van der Waals surface area contributed by atoms with Crippen molar-refractivity contribution < 1.29 is 14.0 Å². The third-order valence-corrected chi connectivity index (χ3v) is 6.08. The summed E-state index contributed by atoms with van der Waals surface area (Å²) in [5.41, 5.74) is 2.53. The minimum absolute atomic E-state index is 0.0500. The molecule has 1 N–H and O–H groups in total. The van der Waals surface area contributed by atoms with Gasteiger partial charge in [-0.25, -0.2) is 0 Å². The molecule has 2 heterocycles. The van der Waals surface area contributed by atoms with E-state index in [0.29, 0.717) is 21.6 Å². The molecular weight excluding hydrogens is 452 g/mol. The number of thiocarbonyl (C=S) groups is 1. The lowest BCUT2D eigenvalue weighted by molar-refractivity contribution is -0.122. The lowest BCUT2D eigenvalue weighted by atomic mass is 10.1. The van der Waals surface area contributed by atoms with Gasteiger partial charge in [-0.1, -0.05) is 41.1 Å².